The van der Waals surface area contributed by atoms with Gasteiger partial charge in [-0.3, -0.25) is 4.79 Å². The van der Waals surface area contributed by atoms with Gasteiger partial charge >= 0.3 is 6.18 Å². The first-order valence-electron chi connectivity index (χ1n) is 6.32. The van der Waals surface area contributed by atoms with Crippen molar-refractivity contribution < 1.29 is 18.0 Å². The van der Waals surface area contributed by atoms with Crippen LogP contribution >= 0.6 is 0 Å². The summed E-state index contributed by atoms with van der Waals surface area (Å²) in [7, 11) is 0. The molecule has 0 radical (unpaired) electrons. The van der Waals surface area contributed by atoms with Gasteiger partial charge in [0.15, 0.2) is 0 Å². The number of hydrogen-bond acceptors (Lipinski definition) is 6. The summed E-state index contributed by atoms with van der Waals surface area (Å²) >= 11 is 0. The minimum absolute atomic E-state index is 0.0197. The Morgan fingerprint density at radius 2 is 2.10 bits per heavy atom. The molecule has 2 rings (SSSR count). The van der Waals surface area contributed by atoms with Crippen LogP contribution in [-0.4, -0.2) is 28.5 Å². The second-order valence-corrected chi connectivity index (χ2v) is 4.68. The van der Waals surface area contributed by atoms with Crippen molar-refractivity contribution in [2.45, 2.75) is 31.5 Å². The number of anilines is 2. The van der Waals surface area contributed by atoms with Crippen LogP contribution in [0.15, 0.2) is 6.07 Å². The summed E-state index contributed by atoms with van der Waals surface area (Å²) in [5.41, 5.74) is 7.37. The summed E-state index contributed by atoms with van der Waals surface area (Å²) in [6.07, 6.45) is -2.71. The zero-order chi connectivity index (χ0) is 15.6. The molecule has 5 N–H and O–H groups in total. The fourth-order valence-corrected chi connectivity index (χ4v) is 2.28. The number of carbonyl (C=O) groups excluding carboxylic acids is 1. The quantitative estimate of drug-likeness (QED) is 0.558. The summed E-state index contributed by atoms with van der Waals surface area (Å²) < 4.78 is 38.4. The molecule has 1 fully saturated rings. The molecule has 116 valence electrons. The summed E-state index contributed by atoms with van der Waals surface area (Å²) in [6.45, 7) is 0.395. The first-order chi connectivity index (χ1) is 9.82. The molecular formula is C11H15F3N6O. The van der Waals surface area contributed by atoms with E-state index in [2.05, 4.69) is 15.4 Å². The van der Waals surface area contributed by atoms with Crippen LogP contribution in [0.2, 0.25) is 0 Å². The van der Waals surface area contributed by atoms with Crippen LogP contribution in [-0.2, 0) is 11.0 Å². The number of halogens is 3. The molecule has 0 aromatic carbocycles. The van der Waals surface area contributed by atoms with E-state index in [-0.39, 0.29) is 11.6 Å². The van der Waals surface area contributed by atoms with Crippen LogP contribution in [0.3, 0.4) is 0 Å². The van der Waals surface area contributed by atoms with Crippen molar-refractivity contribution in [3.8, 4) is 0 Å². The first-order valence-corrected chi connectivity index (χ1v) is 6.32. The molecule has 1 atom stereocenters. The average Bonchev–Trinajstić information content (AvgIpc) is 2.45. The number of nitrogens with zero attached hydrogens (tertiary/aromatic N) is 3. The molecule has 1 unspecified atom stereocenters. The van der Waals surface area contributed by atoms with E-state index in [1.807, 2.05) is 0 Å². The number of carbonyl (C=O) groups is 1. The van der Waals surface area contributed by atoms with Crippen molar-refractivity contribution >= 4 is 17.5 Å². The number of aromatic nitrogens is 2. The average molecular weight is 304 g/mol. The number of alkyl halides is 3. The maximum atomic E-state index is 12.8. The number of hydrazine groups is 1. The van der Waals surface area contributed by atoms with Gasteiger partial charge in [0.05, 0.1) is 0 Å². The Labute approximate surface area is 118 Å². The molecule has 7 nitrogen and oxygen atoms in total. The SMILES string of the molecule is NNc1cc(N2CCCCC2C(N)=O)nc(C(F)(F)F)n1. The summed E-state index contributed by atoms with van der Waals surface area (Å²) in [5, 5.41) is 0. The van der Waals surface area contributed by atoms with E-state index in [9.17, 15) is 18.0 Å². The molecule has 0 aliphatic carbocycles. The van der Waals surface area contributed by atoms with Crippen LogP contribution < -0.4 is 21.9 Å². The minimum atomic E-state index is -4.71. The number of amides is 1. The topological polar surface area (TPSA) is 110 Å². The third-order valence-electron chi connectivity index (χ3n) is 3.24. The Hall–Kier alpha value is -2.10. The highest BCUT2D eigenvalue weighted by Crippen LogP contribution is 2.31. The summed E-state index contributed by atoms with van der Waals surface area (Å²) in [6, 6.07) is 0.580. The van der Waals surface area contributed by atoms with E-state index in [0.717, 1.165) is 12.8 Å². The van der Waals surface area contributed by atoms with Gasteiger partial charge in [-0.1, -0.05) is 0 Å². The zero-order valence-electron chi connectivity index (χ0n) is 11.0. The number of piperidine rings is 1. The highest BCUT2D eigenvalue weighted by Gasteiger charge is 2.37. The van der Waals surface area contributed by atoms with Gasteiger partial charge in [-0.15, -0.1) is 0 Å². The van der Waals surface area contributed by atoms with Crippen molar-refractivity contribution in [2.75, 3.05) is 16.9 Å². The summed E-state index contributed by atoms with van der Waals surface area (Å²) in [5.74, 6) is 3.03. The number of primary amides is 1. The maximum absolute atomic E-state index is 12.8. The van der Waals surface area contributed by atoms with Gasteiger partial charge < -0.3 is 16.1 Å². The fourth-order valence-electron chi connectivity index (χ4n) is 2.28. The summed E-state index contributed by atoms with van der Waals surface area (Å²) in [4.78, 5) is 19.7. The third-order valence-corrected chi connectivity index (χ3v) is 3.24. The Morgan fingerprint density at radius 3 is 2.67 bits per heavy atom. The van der Waals surface area contributed by atoms with E-state index in [1.54, 1.807) is 0 Å². The molecule has 1 amide bonds. The number of hydrogen-bond donors (Lipinski definition) is 3. The molecule has 1 aliphatic heterocycles. The van der Waals surface area contributed by atoms with E-state index >= 15 is 0 Å². The zero-order valence-corrected chi connectivity index (χ0v) is 11.0. The lowest BCUT2D eigenvalue weighted by Gasteiger charge is -2.34. The predicted molar refractivity (Wildman–Crippen MR) is 69.0 cm³/mol. The van der Waals surface area contributed by atoms with Gasteiger partial charge in [-0.05, 0) is 19.3 Å². The van der Waals surface area contributed by atoms with Crippen LogP contribution in [0.4, 0.5) is 24.8 Å². The lowest BCUT2D eigenvalue weighted by molar-refractivity contribution is -0.144. The Balaban J connectivity index is 2.43. The van der Waals surface area contributed by atoms with Crippen LogP contribution in [0, 0.1) is 0 Å². The smallest absolute Gasteiger partial charge is 0.368 e. The molecule has 10 heteroatoms. The maximum Gasteiger partial charge on any atom is 0.451 e. The molecule has 1 aliphatic rings. The number of nitrogen functional groups attached to an aromatic ring is 1. The third kappa shape index (κ3) is 3.32. The fraction of sp³-hybridized carbons (Fsp3) is 0.545. The molecule has 2 heterocycles. The van der Waals surface area contributed by atoms with Crippen molar-refractivity contribution in [2.24, 2.45) is 11.6 Å². The van der Waals surface area contributed by atoms with Crippen LogP contribution in [0.5, 0.6) is 0 Å². The Kier molecular flexibility index (Phi) is 4.16. The highest BCUT2D eigenvalue weighted by molar-refractivity contribution is 5.83. The molecule has 1 aromatic heterocycles. The van der Waals surface area contributed by atoms with Crippen molar-refractivity contribution in [3.63, 3.8) is 0 Å². The molecule has 1 aromatic rings. The first kappa shape index (κ1) is 15.3. The second-order valence-electron chi connectivity index (χ2n) is 4.68. The number of nitrogens with two attached hydrogens (primary N) is 2. The van der Waals surface area contributed by atoms with Crippen molar-refractivity contribution in [1.82, 2.24) is 9.97 Å². The molecule has 1 saturated heterocycles. The lowest BCUT2D eigenvalue weighted by Crippen LogP contribution is -2.48. The second kappa shape index (κ2) is 5.72. The van der Waals surface area contributed by atoms with Crippen molar-refractivity contribution in [1.29, 1.82) is 0 Å². The molecule has 21 heavy (non-hydrogen) atoms. The van der Waals surface area contributed by atoms with Crippen molar-refractivity contribution in [3.05, 3.63) is 11.9 Å². The van der Waals surface area contributed by atoms with E-state index in [1.165, 1.54) is 11.0 Å². The van der Waals surface area contributed by atoms with Gasteiger partial charge in [0.2, 0.25) is 11.7 Å². The molecule has 0 bridgehead atoms. The van der Waals surface area contributed by atoms with Gasteiger partial charge in [0, 0.05) is 12.6 Å². The van der Waals surface area contributed by atoms with E-state index < -0.39 is 23.9 Å². The normalized spacial score (nSPS) is 19.4. The number of nitrogens with one attached hydrogen (secondary N) is 1. The number of rotatable bonds is 3. The molecule has 0 saturated carbocycles. The lowest BCUT2D eigenvalue weighted by atomic mass is 10.0. The van der Waals surface area contributed by atoms with Gasteiger partial charge in [0.25, 0.3) is 0 Å². The highest BCUT2D eigenvalue weighted by atomic mass is 19.4. The molecular weight excluding hydrogens is 289 g/mol. The largest absolute Gasteiger partial charge is 0.451 e. The Morgan fingerprint density at radius 1 is 1.38 bits per heavy atom. The predicted octanol–water partition coefficient (Wildman–Crippen LogP) is 0.625. The van der Waals surface area contributed by atoms with Crippen LogP contribution in [0.1, 0.15) is 25.1 Å². The van der Waals surface area contributed by atoms with Crippen LogP contribution in [0.25, 0.3) is 0 Å². The van der Waals surface area contributed by atoms with E-state index in [4.69, 9.17) is 11.6 Å². The van der Waals surface area contributed by atoms with E-state index in [0.29, 0.717) is 13.0 Å². The molecule has 0 spiro atoms. The standard InChI is InChI=1S/C11H15F3N6O/c12-11(13,14)10-17-7(19-16)5-8(18-10)20-4-2-1-3-6(20)9(15)21/h5-6H,1-4,16H2,(H2,15,21)(H,17,18,19). The Bertz CT molecular complexity index is 535. The van der Waals surface area contributed by atoms with Gasteiger partial charge in [0.1, 0.15) is 17.7 Å². The monoisotopic (exact) mass is 304 g/mol. The minimum Gasteiger partial charge on any atom is -0.368 e. The van der Waals surface area contributed by atoms with Gasteiger partial charge in [-0.2, -0.15) is 13.2 Å². The van der Waals surface area contributed by atoms with Gasteiger partial charge in [-0.25, -0.2) is 15.8 Å².